The molecule has 6 heteroatoms. The molecule has 1 aliphatic heterocycles. The Morgan fingerprint density at radius 3 is 1.97 bits per heavy atom. The van der Waals surface area contributed by atoms with E-state index in [1.807, 2.05) is 30.3 Å². The first-order valence-corrected chi connectivity index (χ1v) is 12.5. The molecule has 1 saturated heterocycles. The van der Waals surface area contributed by atoms with E-state index in [2.05, 4.69) is 32.8 Å². The molecule has 1 aliphatic carbocycles. The molecule has 0 bridgehead atoms. The van der Waals surface area contributed by atoms with Crippen molar-refractivity contribution in [1.82, 2.24) is 5.06 Å². The number of carbonyl (C=O) groups is 2. The first-order valence-electron chi connectivity index (χ1n) is 12.5. The lowest BCUT2D eigenvalue weighted by atomic mass is 9.73. The Morgan fingerprint density at radius 2 is 1.45 bits per heavy atom. The van der Waals surface area contributed by atoms with Crippen molar-refractivity contribution in [2.24, 2.45) is 11.3 Å². The molecule has 2 fully saturated rings. The highest BCUT2D eigenvalue weighted by molar-refractivity contribution is 6.01. The van der Waals surface area contributed by atoms with Crippen LogP contribution in [0, 0.1) is 11.3 Å². The van der Waals surface area contributed by atoms with E-state index >= 15 is 0 Å². The fraction of sp³-hybridized carbons (Fsp3) is 0.704. The van der Waals surface area contributed by atoms with Crippen LogP contribution >= 0.6 is 0 Å². The molecule has 33 heavy (non-hydrogen) atoms. The van der Waals surface area contributed by atoms with Gasteiger partial charge in [-0.3, -0.25) is 14.4 Å². The lowest BCUT2D eigenvalue weighted by Crippen LogP contribution is -2.59. The number of rotatable bonds is 8. The van der Waals surface area contributed by atoms with Crippen molar-refractivity contribution in [3.63, 3.8) is 0 Å². The van der Waals surface area contributed by atoms with E-state index in [1.54, 1.807) is 13.8 Å². The first-order chi connectivity index (χ1) is 15.6. The third kappa shape index (κ3) is 4.97. The molecular formula is C27H41NO5. The Kier molecular flexibility index (Phi) is 7.90. The molecule has 0 spiro atoms. The highest BCUT2D eigenvalue weighted by Gasteiger charge is 2.61. The van der Waals surface area contributed by atoms with Crippen LogP contribution in [0.1, 0.15) is 91.7 Å². The van der Waals surface area contributed by atoms with Gasteiger partial charge >= 0.3 is 11.9 Å². The summed E-state index contributed by atoms with van der Waals surface area (Å²) in [6, 6.07) is 9.96. The van der Waals surface area contributed by atoms with Crippen LogP contribution in [-0.2, 0) is 23.9 Å². The summed E-state index contributed by atoms with van der Waals surface area (Å²) in [7, 11) is 0. The minimum absolute atomic E-state index is 0.177. The van der Waals surface area contributed by atoms with Gasteiger partial charge in [-0.05, 0) is 79.2 Å². The van der Waals surface area contributed by atoms with Gasteiger partial charge in [0.2, 0.25) is 0 Å². The zero-order valence-corrected chi connectivity index (χ0v) is 21.2. The van der Waals surface area contributed by atoms with Gasteiger partial charge in [-0.1, -0.05) is 36.8 Å². The van der Waals surface area contributed by atoms with E-state index < -0.39 is 23.5 Å². The van der Waals surface area contributed by atoms with Crippen molar-refractivity contribution in [3.8, 4) is 0 Å². The van der Waals surface area contributed by atoms with Gasteiger partial charge < -0.3 is 9.47 Å². The molecule has 1 aromatic carbocycles. The number of hydrogen-bond donors (Lipinski definition) is 0. The second kappa shape index (κ2) is 10.1. The topological polar surface area (TPSA) is 65.1 Å². The van der Waals surface area contributed by atoms with Crippen LogP contribution in [0.4, 0.5) is 0 Å². The zero-order valence-electron chi connectivity index (χ0n) is 21.2. The molecular weight excluding hydrogens is 418 g/mol. The minimum Gasteiger partial charge on any atom is -0.465 e. The molecule has 1 heterocycles. The number of carbonyl (C=O) groups excluding carboxylic acids is 2. The third-order valence-electron chi connectivity index (χ3n) is 7.39. The molecule has 6 nitrogen and oxygen atoms in total. The number of nitrogens with zero attached hydrogens (tertiary/aromatic N) is 1. The Morgan fingerprint density at radius 1 is 0.909 bits per heavy atom. The van der Waals surface area contributed by atoms with E-state index in [4.69, 9.17) is 14.3 Å². The predicted octanol–water partition coefficient (Wildman–Crippen LogP) is 5.62. The van der Waals surface area contributed by atoms with E-state index in [-0.39, 0.29) is 30.2 Å². The van der Waals surface area contributed by atoms with Crippen molar-refractivity contribution in [3.05, 3.63) is 35.9 Å². The predicted molar refractivity (Wildman–Crippen MR) is 127 cm³/mol. The molecule has 2 aliphatic rings. The van der Waals surface area contributed by atoms with Crippen LogP contribution in [0.25, 0.3) is 0 Å². The van der Waals surface area contributed by atoms with Gasteiger partial charge in [0.05, 0.1) is 13.2 Å². The molecule has 0 N–H and O–H groups in total. The van der Waals surface area contributed by atoms with Gasteiger partial charge in [0.1, 0.15) is 6.10 Å². The molecule has 2 atom stereocenters. The molecule has 184 valence electrons. The van der Waals surface area contributed by atoms with Gasteiger partial charge in [-0.15, -0.1) is 0 Å². The highest BCUT2D eigenvalue weighted by atomic mass is 16.7. The Balaban J connectivity index is 2.09. The molecule has 0 radical (unpaired) electrons. The standard InChI is InChI=1S/C27H41NO5/c1-7-31-23(29)27(24(30)32-8-2)19-12-16-21(27)22(20-14-10-9-11-15-20)33-28-25(3,4)17-13-18-26(28,5)6/h9-11,14-15,21-22H,7-8,12-13,16-19H2,1-6H3/t21-,22-/m1/s1. The van der Waals surface area contributed by atoms with Gasteiger partial charge in [0.25, 0.3) is 0 Å². The van der Waals surface area contributed by atoms with Gasteiger partial charge in [0, 0.05) is 17.0 Å². The maximum atomic E-state index is 13.4. The van der Waals surface area contributed by atoms with E-state index in [0.717, 1.165) is 31.2 Å². The average Bonchev–Trinajstić information content (AvgIpc) is 3.20. The summed E-state index contributed by atoms with van der Waals surface area (Å²) in [6.07, 6.45) is 4.53. The quantitative estimate of drug-likeness (QED) is 0.372. The van der Waals surface area contributed by atoms with Gasteiger partial charge in [-0.25, -0.2) is 0 Å². The smallest absolute Gasteiger partial charge is 0.323 e. The number of esters is 2. The second-order valence-electron chi connectivity index (χ2n) is 10.6. The maximum Gasteiger partial charge on any atom is 0.323 e. The van der Waals surface area contributed by atoms with Crippen molar-refractivity contribution in [1.29, 1.82) is 0 Å². The summed E-state index contributed by atoms with van der Waals surface area (Å²) in [4.78, 5) is 33.7. The maximum absolute atomic E-state index is 13.4. The Bertz CT molecular complexity index is 785. The summed E-state index contributed by atoms with van der Waals surface area (Å²) >= 11 is 0. The number of benzene rings is 1. The summed E-state index contributed by atoms with van der Waals surface area (Å²) < 4.78 is 11.0. The van der Waals surface area contributed by atoms with Gasteiger partial charge in [0.15, 0.2) is 5.41 Å². The number of ether oxygens (including phenoxy) is 2. The number of hydroxylamine groups is 2. The number of piperidine rings is 1. The summed E-state index contributed by atoms with van der Waals surface area (Å²) in [5, 5.41) is 2.13. The fourth-order valence-corrected chi connectivity index (χ4v) is 5.94. The molecule has 1 saturated carbocycles. The summed E-state index contributed by atoms with van der Waals surface area (Å²) in [5.74, 6) is -1.37. The lowest BCUT2D eigenvalue weighted by molar-refractivity contribution is -0.319. The van der Waals surface area contributed by atoms with Crippen molar-refractivity contribution >= 4 is 11.9 Å². The summed E-state index contributed by atoms with van der Waals surface area (Å²) in [6.45, 7) is 12.8. The monoisotopic (exact) mass is 459 g/mol. The average molecular weight is 460 g/mol. The van der Waals surface area contributed by atoms with Crippen LogP contribution < -0.4 is 0 Å². The van der Waals surface area contributed by atoms with Crippen LogP contribution in [-0.4, -0.2) is 41.3 Å². The Labute approximate surface area is 198 Å². The van der Waals surface area contributed by atoms with Gasteiger partial charge in [-0.2, -0.15) is 5.06 Å². The van der Waals surface area contributed by atoms with Crippen LogP contribution in [0.15, 0.2) is 30.3 Å². The van der Waals surface area contributed by atoms with E-state index in [1.165, 1.54) is 0 Å². The SMILES string of the molecule is CCOC(=O)C1(C(=O)OCC)CCC[C@@H]1[C@H](ON1C(C)(C)CCCC1(C)C)c1ccccc1. The summed E-state index contributed by atoms with van der Waals surface area (Å²) in [5.41, 5.74) is -0.760. The largest absolute Gasteiger partial charge is 0.465 e. The van der Waals surface area contributed by atoms with E-state index in [9.17, 15) is 9.59 Å². The van der Waals surface area contributed by atoms with Crippen molar-refractivity contribution in [2.45, 2.75) is 97.2 Å². The zero-order chi connectivity index (χ0) is 24.3. The minimum atomic E-state index is -1.36. The van der Waals surface area contributed by atoms with Crippen LogP contribution in [0.5, 0.6) is 0 Å². The molecule has 3 rings (SSSR count). The molecule has 0 amide bonds. The van der Waals surface area contributed by atoms with Crippen molar-refractivity contribution < 1.29 is 23.9 Å². The number of hydrogen-bond acceptors (Lipinski definition) is 6. The fourth-order valence-electron chi connectivity index (χ4n) is 5.94. The Hall–Kier alpha value is -1.92. The lowest BCUT2D eigenvalue weighted by Gasteiger charge is -2.53. The third-order valence-corrected chi connectivity index (χ3v) is 7.39. The van der Waals surface area contributed by atoms with Crippen LogP contribution in [0.3, 0.4) is 0 Å². The molecule has 0 unspecified atom stereocenters. The van der Waals surface area contributed by atoms with Crippen LogP contribution in [0.2, 0.25) is 0 Å². The van der Waals surface area contributed by atoms with E-state index in [0.29, 0.717) is 12.8 Å². The van der Waals surface area contributed by atoms with Crippen molar-refractivity contribution in [2.75, 3.05) is 13.2 Å². The highest BCUT2D eigenvalue weighted by Crippen LogP contribution is 2.54. The molecule has 1 aromatic rings. The first kappa shape index (κ1) is 25.7. The molecule has 0 aromatic heterocycles. The normalized spacial score (nSPS) is 24.7. The second-order valence-corrected chi connectivity index (χ2v) is 10.6.